The molecule has 1 aliphatic rings. The highest BCUT2D eigenvalue weighted by Gasteiger charge is 2.21. The van der Waals surface area contributed by atoms with Crippen LogP contribution in [0.3, 0.4) is 0 Å². The van der Waals surface area contributed by atoms with Crippen LogP contribution in [0.1, 0.15) is 5.56 Å². The van der Waals surface area contributed by atoms with Crippen LogP contribution in [0, 0.1) is 6.92 Å². The van der Waals surface area contributed by atoms with Crippen molar-refractivity contribution in [3.8, 4) is 16.9 Å². The summed E-state index contributed by atoms with van der Waals surface area (Å²) in [5, 5.41) is 1.10. The molecule has 0 amide bonds. The molecule has 0 radical (unpaired) electrons. The molecule has 3 aromatic rings. The monoisotopic (exact) mass is 414 g/mol. The molecule has 1 saturated heterocycles. The van der Waals surface area contributed by atoms with Gasteiger partial charge in [-0.15, -0.1) is 0 Å². The molecular weight excluding hydrogens is 392 g/mol. The van der Waals surface area contributed by atoms with Gasteiger partial charge in [-0.2, -0.15) is 0 Å². The third-order valence-corrected chi connectivity index (χ3v) is 5.88. The number of anilines is 1. The Morgan fingerprint density at radius 2 is 1.96 bits per heavy atom. The van der Waals surface area contributed by atoms with Gasteiger partial charge in [-0.3, -0.25) is 0 Å². The van der Waals surface area contributed by atoms with Crippen LogP contribution in [-0.4, -0.2) is 55.2 Å². The fourth-order valence-corrected chi connectivity index (χ4v) is 4.11. The predicted molar refractivity (Wildman–Crippen MR) is 110 cm³/mol. The van der Waals surface area contributed by atoms with Gasteiger partial charge in [0.2, 0.25) is 0 Å². The van der Waals surface area contributed by atoms with Crippen molar-refractivity contribution in [1.82, 2.24) is 14.9 Å². The fraction of sp³-hybridized carbons (Fsp3) is 0.350. The summed E-state index contributed by atoms with van der Waals surface area (Å²) in [6.07, 6.45) is 3.87. The minimum Gasteiger partial charge on any atom is -0.495 e. The number of fused-ring (bicyclic) bond motifs is 1. The lowest BCUT2D eigenvalue weighted by atomic mass is 9.98. The molecule has 0 unspecified atom stereocenters. The molecule has 6 heteroatoms. The van der Waals surface area contributed by atoms with Crippen molar-refractivity contribution in [3.63, 3.8) is 0 Å². The maximum Gasteiger partial charge on any atom is 0.142 e. The molecule has 0 saturated carbocycles. The minimum absolute atomic E-state index is 0.895. The zero-order valence-corrected chi connectivity index (χ0v) is 16.9. The summed E-state index contributed by atoms with van der Waals surface area (Å²) in [6, 6.07) is 6.40. The van der Waals surface area contributed by atoms with Gasteiger partial charge in [0.25, 0.3) is 0 Å². The molecule has 4 rings (SSSR count). The van der Waals surface area contributed by atoms with Gasteiger partial charge in [-0.25, -0.2) is 4.98 Å². The molecule has 0 bridgehead atoms. The Balaban J connectivity index is 1.81. The van der Waals surface area contributed by atoms with Crippen LogP contribution >= 0.6 is 15.9 Å². The maximum atomic E-state index is 5.69. The first-order valence-electron chi connectivity index (χ1n) is 8.82. The van der Waals surface area contributed by atoms with Crippen molar-refractivity contribution in [2.24, 2.45) is 0 Å². The number of hydrogen-bond acceptors (Lipinski definition) is 4. The highest BCUT2D eigenvalue weighted by Crippen LogP contribution is 2.39. The van der Waals surface area contributed by atoms with E-state index in [1.54, 1.807) is 7.11 Å². The first-order chi connectivity index (χ1) is 12.6. The number of aromatic nitrogens is 2. The third-order valence-electron chi connectivity index (χ3n) is 5.23. The molecule has 1 fully saturated rings. The molecule has 136 valence electrons. The van der Waals surface area contributed by atoms with Gasteiger partial charge in [0.1, 0.15) is 11.4 Å². The van der Waals surface area contributed by atoms with Crippen molar-refractivity contribution in [1.29, 1.82) is 0 Å². The third kappa shape index (κ3) is 2.97. The van der Waals surface area contributed by atoms with E-state index in [2.05, 4.69) is 67.9 Å². The lowest BCUT2D eigenvalue weighted by Crippen LogP contribution is -2.44. The molecule has 0 atom stereocenters. The Hall–Kier alpha value is -2.05. The number of hydrogen-bond donors (Lipinski definition) is 1. The Morgan fingerprint density at radius 1 is 1.19 bits per heavy atom. The van der Waals surface area contributed by atoms with E-state index in [9.17, 15) is 0 Å². The van der Waals surface area contributed by atoms with Crippen molar-refractivity contribution in [2.75, 3.05) is 45.2 Å². The number of likely N-dealkylation sites (N-methyl/N-ethyl adjacent to an activating group) is 1. The SMILES string of the molecule is COc1ccc(-c2cnc3[nH]cc(Br)c3c2)c(C)c1N1CCN(C)CC1. The fourth-order valence-electron chi connectivity index (χ4n) is 3.69. The number of methoxy groups -OCH3 is 1. The summed E-state index contributed by atoms with van der Waals surface area (Å²) < 4.78 is 6.73. The lowest BCUT2D eigenvalue weighted by Gasteiger charge is -2.36. The summed E-state index contributed by atoms with van der Waals surface area (Å²) >= 11 is 3.59. The van der Waals surface area contributed by atoms with Crippen LogP contribution in [0.15, 0.2) is 35.1 Å². The zero-order chi connectivity index (χ0) is 18.3. The maximum absolute atomic E-state index is 5.69. The van der Waals surface area contributed by atoms with Crippen LogP contribution in [0.25, 0.3) is 22.2 Å². The van der Waals surface area contributed by atoms with E-state index in [1.807, 2.05) is 12.4 Å². The van der Waals surface area contributed by atoms with Gasteiger partial charge in [-0.1, -0.05) is 6.07 Å². The van der Waals surface area contributed by atoms with E-state index in [0.717, 1.165) is 53.0 Å². The lowest BCUT2D eigenvalue weighted by molar-refractivity contribution is 0.311. The number of halogens is 1. The van der Waals surface area contributed by atoms with E-state index in [-0.39, 0.29) is 0 Å². The Kier molecular flexibility index (Phi) is 4.63. The molecule has 3 heterocycles. The van der Waals surface area contributed by atoms with Crippen LogP contribution < -0.4 is 9.64 Å². The normalized spacial score (nSPS) is 15.6. The van der Waals surface area contributed by atoms with Gasteiger partial charge in [-0.05, 0) is 53.2 Å². The van der Waals surface area contributed by atoms with Crippen molar-refractivity contribution in [3.05, 3.63) is 40.6 Å². The highest BCUT2D eigenvalue weighted by atomic mass is 79.9. The van der Waals surface area contributed by atoms with Crippen LogP contribution in [0.4, 0.5) is 5.69 Å². The van der Waals surface area contributed by atoms with Gasteiger partial charge < -0.3 is 19.5 Å². The number of benzene rings is 1. The average molecular weight is 415 g/mol. The van der Waals surface area contributed by atoms with E-state index in [1.165, 1.54) is 16.8 Å². The van der Waals surface area contributed by atoms with E-state index >= 15 is 0 Å². The second kappa shape index (κ2) is 6.93. The summed E-state index contributed by atoms with van der Waals surface area (Å²) in [5.74, 6) is 0.938. The van der Waals surface area contributed by atoms with Gasteiger partial charge in [0, 0.05) is 54.0 Å². The molecule has 1 aromatic carbocycles. The smallest absolute Gasteiger partial charge is 0.142 e. The molecule has 0 spiro atoms. The Morgan fingerprint density at radius 3 is 2.69 bits per heavy atom. The summed E-state index contributed by atoms with van der Waals surface area (Å²) in [7, 11) is 3.92. The van der Waals surface area contributed by atoms with E-state index in [0.29, 0.717) is 0 Å². The second-order valence-electron chi connectivity index (χ2n) is 6.84. The van der Waals surface area contributed by atoms with Gasteiger partial charge in [0.05, 0.1) is 12.8 Å². The molecule has 1 N–H and O–H groups in total. The Labute approximate surface area is 162 Å². The van der Waals surface area contributed by atoms with E-state index < -0.39 is 0 Å². The average Bonchev–Trinajstić information content (AvgIpc) is 3.03. The summed E-state index contributed by atoms with van der Waals surface area (Å²) in [6.45, 7) is 6.34. The molecule has 2 aromatic heterocycles. The highest BCUT2D eigenvalue weighted by molar-refractivity contribution is 9.10. The van der Waals surface area contributed by atoms with E-state index in [4.69, 9.17) is 4.74 Å². The van der Waals surface area contributed by atoms with Gasteiger partial charge in [0.15, 0.2) is 0 Å². The number of nitrogens with zero attached hydrogens (tertiary/aromatic N) is 3. The second-order valence-corrected chi connectivity index (χ2v) is 7.69. The summed E-state index contributed by atoms with van der Waals surface area (Å²) in [5.41, 5.74) is 5.65. The number of nitrogens with one attached hydrogen (secondary N) is 1. The van der Waals surface area contributed by atoms with Crippen LogP contribution in [-0.2, 0) is 0 Å². The molecule has 0 aliphatic carbocycles. The number of H-pyrrole nitrogens is 1. The number of pyridine rings is 1. The molecule has 1 aliphatic heterocycles. The number of rotatable bonds is 3. The largest absolute Gasteiger partial charge is 0.495 e. The predicted octanol–water partition coefficient (Wildman–Crippen LogP) is 4.06. The van der Waals surface area contributed by atoms with Gasteiger partial charge >= 0.3 is 0 Å². The Bertz CT molecular complexity index is 944. The molecule has 5 nitrogen and oxygen atoms in total. The summed E-state index contributed by atoms with van der Waals surface area (Å²) in [4.78, 5) is 12.6. The quantitative estimate of drug-likeness (QED) is 0.701. The van der Waals surface area contributed by atoms with Crippen LogP contribution in [0.5, 0.6) is 5.75 Å². The molecular formula is C20H23BrN4O. The van der Waals surface area contributed by atoms with Crippen molar-refractivity contribution < 1.29 is 4.74 Å². The standard InChI is InChI=1S/C20H23BrN4O/c1-13-15(14-10-16-17(21)12-23-20(16)22-11-14)4-5-18(26-3)19(13)25-8-6-24(2)7-9-25/h4-5,10-12H,6-9H2,1-3H3,(H,22,23). The van der Waals surface area contributed by atoms with Crippen molar-refractivity contribution in [2.45, 2.75) is 6.92 Å². The number of ether oxygens (including phenoxy) is 1. The van der Waals surface area contributed by atoms with Crippen LogP contribution in [0.2, 0.25) is 0 Å². The topological polar surface area (TPSA) is 44.4 Å². The number of aromatic amines is 1. The molecule has 26 heavy (non-hydrogen) atoms. The van der Waals surface area contributed by atoms with Crippen molar-refractivity contribution >= 4 is 32.7 Å². The number of piperazine rings is 1. The first-order valence-corrected chi connectivity index (χ1v) is 9.62. The first kappa shape index (κ1) is 17.4. The zero-order valence-electron chi connectivity index (χ0n) is 15.3. The minimum atomic E-state index is 0.895.